The van der Waals surface area contributed by atoms with Crippen LogP contribution < -0.4 is 5.32 Å². The number of aromatic nitrogens is 1. The van der Waals surface area contributed by atoms with Gasteiger partial charge in [0.25, 0.3) is 0 Å². The maximum Gasteiger partial charge on any atom is 0.194 e. The Bertz CT molecular complexity index is 669. The predicted molar refractivity (Wildman–Crippen MR) is 122 cm³/mol. The van der Waals surface area contributed by atoms with Crippen LogP contribution in [0.3, 0.4) is 0 Å². The van der Waals surface area contributed by atoms with E-state index < -0.39 is 0 Å². The third-order valence-corrected chi connectivity index (χ3v) is 6.62. The highest BCUT2D eigenvalue weighted by Gasteiger charge is 2.58. The topological polar surface area (TPSA) is 66.1 Å². The Labute approximate surface area is 186 Å². The van der Waals surface area contributed by atoms with Crippen LogP contribution in [-0.2, 0) is 11.3 Å². The summed E-state index contributed by atoms with van der Waals surface area (Å²) in [6.45, 7) is 16.4. The molecule has 2 fully saturated rings. The molecular weight excluding hydrogens is 469 g/mol. The van der Waals surface area contributed by atoms with Gasteiger partial charge in [0.2, 0.25) is 0 Å². The second-order valence-corrected chi connectivity index (χ2v) is 8.55. The van der Waals surface area contributed by atoms with Crippen molar-refractivity contribution in [3.8, 4) is 0 Å². The number of aliphatic imine (C=N–C) groups is 1. The molecule has 2 heterocycles. The Hall–Kier alpha value is -0.870. The van der Waals surface area contributed by atoms with Gasteiger partial charge in [-0.05, 0) is 27.2 Å². The quantitative estimate of drug-likeness (QED) is 0.377. The normalized spacial score (nSPS) is 27.9. The maximum atomic E-state index is 5.76. The molecule has 1 aromatic heterocycles. The lowest BCUT2D eigenvalue weighted by atomic mass is 9.56. The zero-order chi connectivity index (χ0) is 19.7. The van der Waals surface area contributed by atoms with Gasteiger partial charge in [-0.15, -0.1) is 24.0 Å². The summed E-state index contributed by atoms with van der Waals surface area (Å²) in [5, 5.41) is 7.83. The molecule has 28 heavy (non-hydrogen) atoms. The summed E-state index contributed by atoms with van der Waals surface area (Å²) in [6.07, 6.45) is 1.00. The number of halogens is 1. The molecule has 2 aliphatic rings. The number of piperazine rings is 1. The summed E-state index contributed by atoms with van der Waals surface area (Å²) in [7, 11) is 1.81. The van der Waals surface area contributed by atoms with E-state index in [1.165, 1.54) is 0 Å². The molecular formula is C20H36IN5O2. The Kier molecular flexibility index (Phi) is 7.77. The average molecular weight is 505 g/mol. The molecule has 1 N–H and O–H groups in total. The van der Waals surface area contributed by atoms with Gasteiger partial charge >= 0.3 is 0 Å². The average Bonchev–Trinajstić information content (AvgIpc) is 3.06. The molecule has 2 atom stereocenters. The third kappa shape index (κ3) is 4.64. The van der Waals surface area contributed by atoms with Crippen LogP contribution in [0, 0.1) is 12.3 Å². The number of aryl methyl sites for hydroxylation is 1. The fraction of sp³-hybridized carbons (Fsp3) is 0.800. The van der Waals surface area contributed by atoms with Gasteiger partial charge in [0, 0.05) is 63.9 Å². The molecule has 0 bridgehead atoms. The first-order valence-electron chi connectivity index (χ1n) is 10.0. The van der Waals surface area contributed by atoms with Crippen molar-refractivity contribution in [1.29, 1.82) is 0 Å². The van der Waals surface area contributed by atoms with Crippen molar-refractivity contribution in [3.05, 3.63) is 17.5 Å². The Morgan fingerprint density at radius 3 is 2.50 bits per heavy atom. The van der Waals surface area contributed by atoms with Crippen LogP contribution >= 0.6 is 24.0 Å². The van der Waals surface area contributed by atoms with Gasteiger partial charge in [-0.1, -0.05) is 19.0 Å². The van der Waals surface area contributed by atoms with Crippen LogP contribution in [0.2, 0.25) is 0 Å². The van der Waals surface area contributed by atoms with Crippen LogP contribution in [0.1, 0.15) is 45.6 Å². The number of hydrogen-bond acceptors (Lipinski definition) is 5. The number of methoxy groups -OCH3 is 1. The minimum Gasteiger partial charge on any atom is -0.378 e. The standard InChI is InChI=1S/C20H35N5O2.HI/c1-7-21-18(22-17-13-20(5,26-6)19(17,3)4)25-10-8-24(9-11-25)14-16-12-15(2)27-23-16;/h12,17H,7-11,13-14H2,1-6H3,(H,21,22);1H. The lowest BCUT2D eigenvalue weighted by molar-refractivity contribution is -0.177. The molecule has 1 aromatic rings. The molecule has 1 saturated heterocycles. The highest BCUT2D eigenvalue weighted by atomic mass is 127. The number of hydrogen-bond donors (Lipinski definition) is 1. The molecule has 0 aromatic carbocycles. The smallest absolute Gasteiger partial charge is 0.194 e. The Balaban J connectivity index is 0.00000280. The van der Waals surface area contributed by atoms with Gasteiger partial charge in [-0.2, -0.15) is 0 Å². The first kappa shape index (κ1) is 23.4. The molecule has 1 saturated carbocycles. The van der Waals surface area contributed by atoms with Crippen LogP contribution in [0.5, 0.6) is 0 Å². The number of rotatable bonds is 5. The molecule has 8 heteroatoms. The van der Waals surface area contributed by atoms with Crippen molar-refractivity contribution < 1.29 is 9.26 Å². The fourth-order valence-electron chi connectivity index (χ4n) is 4.10. The number of nitrogens with zero attached hydrogens (tertiary/aromatic N) is 4. The number of guanidine groups is 1. The van der Waals surface area contributed by atoms with E-state index in [4.69, 9.17) is 14.3 Å². The van der Waals surface area contributed by atoms with Gasteiger partial charge in [-0.25, -0.2) is 0 Å². The van der Waals surface area contributed by atoms with Gasteiger partial charge in [0.15, 0.2) is 5.96 Å². The summed E-state index contributed by atoms with van der Waals surface area (Å²) in [6, 6.07) is 2.40. The predicted octanol–water partition coefficient (Wildman–Crippen LogP) is 2.89. The van der Waals surface area contributed by atoms with Gasteiger partial charge in [0.1, 0.15) is 5.76 Å². The zero-order valence-corrected chi connectivity index (χ0v) is 20.4. The lowest BCUT2D eigenvalue weighted by Crippen LogP contribution is -2.70. The summed E-state index contributed by atoms with van der Waals surface area (Å²) in [4.78, 5) is 9.57. The van der Waals surface area contributed by atoms with E-state index >= 15 is 0 Å². The molecule has 1 aliphatic heterocycles. The molecule has 3 rings (SSSR count). The fourth-order valence-corrected chi connectivity index (χ4v) is 4.10. The Morgan fingerprint density at radius 2 is 2.00 bits per heavy atom. The molecule has 0 amide bonds. The minimum atomic E-state index is -0.0730. The molecule has 0 spiro atoms. The van der Waals surface area contributed by atoms with E-state index in [1.54, 1.807) is 0 Å². The van der Waals surface area contributed by atoms with Crippen molar-refractivity contribution in [2.45, 2.75) is 59.2 Å². The first-order valence-corrected chi connectivity index (χ1v) is 10.0. The summed E-state index contributed by atoms with van der Waals surface area (Å²) in [5.74, 6) is 1.90. The minimum absolute atomic E-state index is 0. The summed E-state index contributed by atoms with van der Waals surface area (Å²) in [5.41, 5.74) is 1.01. The van der Waals surface area contributed by atoms with Crippen LogP contribution in [0.4, 0.5) is 0 Å². The van der Waals surface area contributed by atoms with E-state index in [0.717, 1.165) is 63.1 Å². The first-order chi connectivity index (χ1) is 12.8. The lowest BCUT2D eigenvalue weighted by Gasteiger charge is -2.59. The van der Waals surface area contributed by atoms with Crippen LogP contribution in [-0.4, -0.2) is 72.4 Å². The largest absolute Gasteiger partial charge is 0.378 e. The Morgan fingerprint density at radius 1 is 1.32 bits per heavy atom. The highest BCUT2D eigenvalue weighted by Crippen LogP contribution is 2.51. The summed E-state index contributed by atoms with van der Waals surface area (Å²) >= 11 is 0. The van der Waals surface area contributed by atoms with Crippen molar-refractivity contribution in [2.75, 3.05) is 39.8 Å². The van der Waals surface area contributed by atoms with Gasteiger partial charge < -0.3 is 19.5 Å². The summed E-state index contributed by atoms with van der Waals surface area (Å²) < 4.78 is 10.9. The second-order valence-electron chi connectivity index (χ2n) is 8.55. The van der Waals surface area contributed by atoms with Crippen molar-refractivity contribution >= 4 is 29.9 Å². The van der Waals surface area contributed by atoms with Gasteiger partial charge in [0.05, 0.1) is 11.3 Å². The van der Waals surface area contributed by atoms with E-state index in [1.807, 2.05) is 20.1 Å². The van der Waals surface area contributed by atoms with E-state index in [-0.39, 0.29) is 35.0 Å². The number of nitrogens with one attached hydrogen (secondary N) is 1. The SMILES string of the molecule is CCN=C(NC1CC(C)(OC)C1(C)C)N1CCN(Cc2cc(C)on2)CC1.I. The monoisotopic (exact) mass is 505 g/mol. The molecule has 0 radical (unpaired) electrons. The van der Waals surface area contributed by atoms with Crippen molar-refractivity contribution in [3.63, 3.8) is 0 Å². The van der Waals surface area contributed by atoms with Crippen molar-refractivity contribution in [2.24, 2.45) is 10.4 Å². The number of ether oxygens (including phenoxy) is 1. The molecule has 1 aliphatic carbocycles. The third-order valence-electron chi connectivity index (χ3n) is 6.62. The van der Waals surface area contributed by atoms with E-state index in [0.29, 0.717) is 6.04 Å². The zero-order valence-electron chi connectivity index (χ0n) is 18.1. The van der Waals surface area contributed by atoms with Gasteiger partial charge in [-0.3, -0.25) is 9.89 Å². The molecule has 7 nitrogen and oxygen atoms in total. The van der Waals surface area contributed by atoms with Crippen LogP contribution in [0.25, 0.3) is 0 Å². The molecule has 2 unspecified atom stereocenters. The second kappa shape index (κ2) is 9.30. The highest BCUT2D eigenvalue weighted by molar-refractivity contribution is 14.0. The van der Waals surface area contributed by atoms with E-state index in [2.05, 4.69) is 48.0 Å². The molecule has 160 valence electrons. The van der Waals surface area contributed by atoms with Crippen molar-refractivity contribution in [1.82, 2.24) is 20.3 Å². The van der Waals surface area contributed by atoms with E-state index in [9.17, 15) is 0 Å². The maximum absolute atomic E-state index is 5.76. The van der Waals surface area contributed by atoms with Crippen LogP contribution in [0.15, 0.2) is 15.6 Å².